The van der Waals surface area contributed by atoms with Crippen LogP contribution in [0.25, 0.3) is 0 Å². The maximum absolute atomic E-state index is 12.8. The average molecular weight is 612 g/mol. The molecule has 5 rings (SSSR count). The zero-order valence-electron chi connectivity index (χ0n) is 19.8. The van der Waals surface area contributed by atoms with Gasteiger partial charge in [0.15, 0.2) is 12.5 Å². The van der Waals surface area contributed by atoms with Gasteiger partial charge in [-0.15, -0.1) is 0 Å². The highest BCUT2D eigenvalue weighted by Crippen LogP contribution is 2.53. The fourth-order valence-corrected chi connectivity index (χ4v) is 6.32. The topological polar surface area (TPSA) is 280 Å². The highest BCUT2D eigenvalue weighted by atomic mass is 31.2. The summed E-state index contributed by atoms with van der Waals surface area (Å²) < 4.78 is 58.1. The van der Waals surface area contributed by atoms with Gasteiger partial charge in [0, 0.05) is 24.5 Å². The van der Waals surface area contributed by atoms with E-state index in [2.05, 4.69) is 0 Å². The molecule has 0 amide bonds. The van der Waals surface area contributed by atoms with Crippen molar-refractivity contribution in [2.24, 2.45) is 0 Å². The number of aliphatic hydroxyl groups excluding tert-OH is 2. The average Bonchev–Trinajstić information content (AvgIpc) is 3.32. The summed E-state index contributed by atoms with van der Waals surface area (Å²) >= 11 is 0. The summed E-state index contributed by atoms with van der Waals surface area (Å²) in [7, 11) is -10.2. The lowest BCUT2D eigenvalue weighted by atomic mass is 10.1. The molecule has 0 radical (unpaired) electrons. The highest BCUT2D eigenvalue weighted by Gasteiger charge is 2.53. The van der Waals surface area contributed by atoms with E-state index in [1.165, 1.54) is 0 Å². The standard InChI is InChI=1S/C18H22N4O16P2/c23-9-1-3-21(17(27)19-9)15-11(25)13-7(35-15)5-33-40(31,32)38-14-8(6-34-39(29,30)37-13)36-16(12(14)26)22-4-2-10(24)20-18(22)28/h1-4,7-8,11-16,25-26H,5-6H2,(H,29,30)(H,31,32)(H,19,23,27)(H,20,24,28)/t7-,8+,11-,12+,13-,14+,15-,16-/m0/s1. The number of phosphoric ester groups is 2. The maximum Gasteiger partial charge on any atom is 0.472 e. The minimum atomic E-state index is -5.10. The van der Waals surface area contributed by atoms with Crippen molar-refractivity contribution in [1.29, 1.82) is 0 Å². The summed E-state index contributed by atoms with van der Waals surface area (Å²) in [5.41, 5.74) is -3.53. The highest BCUT2D eigenvalue weighted by molar-refractivity contribution is 7.47. The predicted molar refractivity (Wildman–Crippen MR) is 124 cm³/mol. The second-order valence-corrected chi connectivity index (χ2v) is 11.6. The molecule has 3 aliphatic heterocycles. The molecule has 10 atom stereocenters. The van der Waals surface area contributed by atoms with E-state index in [1.54, 1.807) is 0 Å². The third-order valence-electron chi connectivity index (χ3n) is 6.18. The molecule has 3 fully saturated rings. The molecule has 0 bridgehead atoms. The van der Waals surface area contributed by atoms with E-state index in [4.69, 9.17) is 27.6 Å². The second-order valence-electron chi connectivity index (χ2n) is 8.81. The summed E-state index contributed by atoms with van der Waals surface area (Å²) in [5.74, 6) is 0. The Hall–Kier alpha value is -2.58. The molecular weight excluding hydrogens is 590 g/mol. The van der Waals surface area contributed by atoms with E-state index in [-0.39, 0.29) is 0 Å². The number of H-pyrrole nitrogens is 2. The Morgan fingerprint density at radius 1 is 0.725 bits per heavy atom. The van der Waals surface area contributed by atoms with Crippen molar-refractivity contribution in [1.82, 2.24) is 19.1 Å². The molecule has 2 unspecified atom stereocenters. The first-order valence-corrected chi connectivity index (χ1v) is 14.4. The van der Waals surface area contributed by atoms with Gasteiger partial charge in [-0.2, -0.15) is 0 Å². The molecule has 0 saturated carbocycles. The minimum absolute atomic E-state index is 0.742. The van der Waals surface area contributed by atoms with E-state index < -0.39 is 100 Å². The van der Waals surface area contributed by atoms with E-state index in [1.807, 2.05) is 9.97 Å². The number of hydrogen-bond acceptors (Lipinski definition) is 14. The van der Waals surface area contributed by atoms with Crippen molar-refractivity contribution >= 4 is 15.6 Å². The molecule has 5 heterocycles. The Morgan fingerprint density at radius 3 is 1.45 bits per heavy atom. The van der Waals surface area contributed by atoms with Gasteiger partial charge in [-0.1, -0.05) is 0 Å². The number of ether oxygens (including phenoxy) is 2. The van der Waals surface area contributed by atoms with Crippen LogP contribution in [0.2, 0.25) is 0 Å². The van der Waals surface area contributed by atoms with Crippen LogP contribution in [0, 0.1) is 0 Å². The van der Waals surface area contributed by atoms with Crippen molar-refractivity contribution in [3.05, 3.63) is 66.2 Å². The Morgan fingerprint density at radius 2 is 1.10 bits per heavy atom. The van der Waals surface area contributed by atoms with E-state index >= 15 is 0 Å². The van der Waals surface area contributed by atoms with Crippen LogP contribution in [0.1, 0.15) is 12.5 Å². The van der Waals surface area contributed by atoms with Crippen molar-refractivity contribution in [2.75, 3.05) is 13.2 Å². The maximum atomic E-state index is 12.8. The lowest BCUT2D eigenvalue weighted by molar-refractivity contribution is -0.0685. The molecule has 6 N–H and O–H groups in total. The van der Waals surface area contributed by atoms with Crippen LogP contribution >= 0.6 is 15.6 Å². The number of aliphatic hydroxyl groups is 2. The summed E-state index contributed by atoms with van der Waals surface area (Å²) in [6.07, 6.45) is -11.7. The van der Waals surface area contributed by atoms with Gasteiger partial charge in [0.1, 0.15) is 36.6 Å². The van der Waals surface area contributed by atoms with Crippen LogP contribution in [-0.4, -0.2) is 88.9 Å². The number of aromatic amines is 2. The fourth-order valence-electron chi connectivity index (χ4n) is 4.39. The first kappa shape index (κ1) is 28.9. The van der Waals surface area contributed by atoms with Gasteiger partial charge in [-0.25, -0.2) is 18.7 Å². The summed E-state index contributed by atoms with van der Waals surface area (Å²) in [4.78, 5) is 71.7. The summed E-state index contributed by atoms with van der Waals surface area (Å²) in [5, 5.41) is 21.5. The number of rotatable bonds is 2. The number of phosphoric acid groups is 2. The zero-order valence-corrected chi connectivity index (χ0v) is 21.6. The first-order chi connectivity index (χ1) is 18.7. The number of nitrogens with one attached hydrogen (secondary N) is 2. The van der Waals surface area contributed by atoms with Crippen LogP contribution in [0.5, 0.6) is 0 Å². The Labute approximate surface area is 220 Å². The van der Waals surface area contributed by atoms with Gasteiger partial charge in [0.25, 0.3) is 11.1 Å². The van der Waals surface area contributed by atoms with E-state index in [9.17, 15) is 48.3 Å². The molecular formula is C18H22N4O16P2. The van der Waals surface area contributed by atoms with E-state index in [0.717, 1.165) is 33.7 Å². The number of nitrogens with zero attached hydrogens (tertiary/aromatic N) is 2. The van der Waals surface area contributed by atoms with Gasteiger partial charge >= 0.3 is 27.0 Å². The first-order valence-electron chi connectivity index (χ1n) is 11.4. The Balaban J connectivity index is 1.43. The third kappa shape index (κ3) is 5.75. The second kappa shape index (κ2) is 10.7. The molecule has 0 spiro atoms. The van der Waals surface area contributed by atoms with Crippen LogP contribution in [0.3, 0.4) is 0 Å². The zero-order chi connectivity index (χ0) is 29.0. The molecule has 0 aromatic carbocycles. The van der Waals surface area contributed by atoms with E-state index in [0.29, 0.717) is 0 Å². The largest absolute Gasteiger partial charge is 0.472 e. The Bertz CT molecular complexity index is 1480. The minimum Gasteiger partial charge on any atom is -0.386 e. The van der Waals surface area contributed by atoms with Gasteiger partial charge in [0.2, 0.25) is 0 Å². The molecule has 220 valence electrons. The Kier molecular flexibility index (Phi) is 7.72. The monoisotopic (exact) mass is 612 g/mol. The quantitative estimate of drug-likeness (QED) is 0.180. The van der Waals surface area contributed by atoms with Gasteiger partial charge in [0.05, 0.1) is 13.2 Å². The predicted octanol–water partition coefficient (Wildman–Crippen LogP) is -3.38. The van der Waals surface area contributed by atoms with Crippen molar-refractivity contribution < 1.29 is 56.7 Å². The summed E-state index contributed by atoms with van der Waals surface area (Å²) in [6.45, 7) is -1.83. The fraction of sp³-hybridized carbons (Fsp3) is 0.556. The smallest absolute Gasteiger partial charge is 0.386 e. The van der Waals surface area contributed by atoms with Crippen LogP contribution in [-0.2, 0) is 36.7 Å². The molecule has 20 nitrogen and oxygen atoms in total. The SMILES string of the molecule is O=c1ccn([C@H]2O[C@@H]3COP(=O)(O)O[C@@H]4[C@H](O)[C@@H](n5ccc(=O)[nH]c5=O)O[C@H]4COP(=O)(O)O[C@H]3[C@H]2O)c(=O)[nH]1. The van der Waals surface area contributed by atoms with Gasteiger partial charge in [-0.05, 0) is 0 Å². The molecule has 2 aromatic heterocycles. The molecule has 2 aromatic rings. The molecule has 40 heavy (non-hydrogen) atoms. The van der Waals surface area contributed by atoms with Gasteiger partial charge in [-0.3, -0.25) is 46.8 Å². The van der Waals surface area contributed by atoms with Crippen molar-refractivity contribution in [3.63, 3.8) is 0 Å². The van der Waals surface area contributed by atoms with Gasteiger partial charge < -0.3 is 29.5 Å². The molecule has 22 heteroatoms. The van der Waals surface area contributed by atoms with Crippen LogP contribution < -0.4 is 22.5 Å². The number of fused-ring (bicyclic) bond motifs is 2. The van der Waals surface area contributed by atoms with Crippen LogP contribution in [0.15, 0.2) is 43.7 Å². The number of hydrogen-bond donors (Lipinski definition) is 6. The van der Waals surface area contributed by atoms with Crippen molar-refractivity contribution in [3.8, 4) is 0 Å². The lowest BCUT2D eigenvalue weighted by Crippen LogP contribution is -2.40. The molecule has 3 saturated heterocycles. The summed E-state index contributed by atoms with van der Waals surface area (Å²) in [6, 6.07) is 1.88. The lowest BCUT2D eigenvalue weighted by Gasteiger charge is -2.27. The van der Waals surface area contributed by atoms with Crippen molar-refractivity contribution in [2.45, 2.75) is 49.1 Å². The van der Waals surface area contributed by atoms with Crippen LogP contribution in [0.4, 0.5) is 0 Å². The molecule has 3 aliphatic rings. The molecule has 0 aliphatic carbocycles. The normalized spacial score (nSPS) is 40.5. The third-order valence-corrected chi connectivity index (χ3v) is 8.15. The number of aromatic nitrogens is 4.